The fraction of sp³-hybridized carbons (Fsp3) is 0.308. The third kappa shape index (κ3) is 3.65. The summed E-state index contributed by atoms with van der Waals surface area (Å²) in [5.74, 6) is 6.82. The van der Waals surface area contributed by atoms with Gasteiger partial charge < -0.3 is 5.43 Å². The Morgan fingerprint density at radius 2 is 1.95 bits per heavy atom. The van der Waals surface area contributed by atoms with Gasteiger partial charge in [-0.1, -0.05) is 26.8 Å². The predicted octanol–water partition coefficient (Wildman–Crippen LogP) is 2.61. The fourth-order valence-electron chi connectivity index (χ4n) is 1.40. The normalized spacial score (nSPS) is 11.4. The maximum absolute atomic E-state index is 5.46. The molecular formula is C13H17N5S. The van der Waals surface area contributed by atoms with E-state index in [0.29, 0.717) is 5.82 Å². The summed E-state index contributed by atoms with van der Waals surface area (Å²) in [6.45, 7) is 6.20. The zero-order valence-corrected chi connectivity index (χ0v) is 12.0. The molecule has 0 aromatic carbocycles. The van der Waals surface area contributed by atoms with Crippen LogP contribution in [0.1, 0.15) is 26.6 Å². The monoisotopic (exact) mass is 275 g/mol. The van der Waals surface area contributed by atoms with Gasteiger partial charge in [0.15, 0.2) is 0 Å². The minimum atomic E-state index is -0.133. The Labute approximate surface area is 117 Å². The highest BCUT2D eigenvalue weighted by Crippen LogP contribution is 2.28. The number of anilines is 1. The van der Waals surface area contributed by atoms with E-state index < -0.39 is 0 Å². The first-order valence-electron chi connectivity index (χ1n) is 5.94. The number of nitrogens with one attached hydrogen (secondary N) is 1. The molecule has 0 saturated carbocycles. The fourth-order valence-corrected chi connectivity index (χ4v) is 2.18. The third-order valence-electron chi connectivity index (χ3n) is 2.37. The van der Waals surface area contributed by atoms with Gasteiger partial charge in [-0.3, -0.25) is 0 Å². The van der Waals surface area contributed by atoms with Crippen LogP contribution in [0.2, 0.25) is 0 Å². The van der Waals surface area contributed by atoms with Crippen molar-refractivity contribution in [2.75, 3.05) is 5.43 Å². The van der Waals surface area contributed by atoms with Crippen molar-refractivity contribution in [3.63, 3.8) is 0 Å². The number of nitrogen functional groups attached to an aromatic ring is 1. The van der Waals surface area contributed by atoms with Gasteiger partial charge in [0.05, 0.1) is 0 Å². The Kier molecular flexibility index (Phi) is 4.01. The second kappa shape index (κ2) is 5.54. The van der Waals surface area contributed by atoms with Crippen LogP contribution in [-0.4, -0.2) is 15.0 Å². The molecule has 0 aliphatic rings. The summed E-state index contributed by atoms with van der Waals surface area (Å²) in [5.41, 5.74) is 2.45. The van der Waals surface area contributed by atoms with Crippen molar-refractivity contribution in [3.8, 4) is 0 Å². The molecule has 2 heterocycles. The molecule has 6 heteroatoms. The molecule has 5 nitrogen and oxygen atoms in total. The third-order valence-corrected chi connectivity index (χ3v) is 3.24. The highest BCUT2D eigenvalue weighted by molar-refractivity contribution is 7.99. The summed E-state index contributed by atoms with van der Waals surface area (Å²) in [7, 11) is 0. The maximum Gasteiger partial charge on any atom is 0.144 e. The van der Waals surface area contributed by atoms with Crippen molar-refractivity contribution in [1.82, 2.24) is 15.0 Å². The summed E-state index contributed by atoms with van der Waals surface area (Å²) in [4.78, 5) is 13.2. The average molecular weight is 275 g/mol. The quantitative estimate of drug-likeness (QED) is 0.509. The number of nitrogens with zero attached hydrogens (tertiary/aromatic N) is 3. The molecule has 0 saturated heterocycles. The average Bonchev–Trinajstić information content (AvgIpc) is 2.38. The van der Waals surface area contributed by atoms with Crippen molar-refractivity contribution < 1.29 is 0 Å². The molecule has 3 N–H and O–H groups in total. The van der Waals surface area contributed by atoms with E-state index in [0.717, 1.165) is 15.9 Å². The Bertz CT molecular complexity index is 551. The van der Waals surface area contributed by atoms with Gasteiger partial charge in [-0.2, -0.15) is 0 Å². The summed E-state index contributed by atoms with van der Waals surface area (Å²) < 4.78 is 0. The molecule has 0 aliphatic heterocycles. The topological polar surface area (TPSA) is 76.7 Å². The molecule has 0 aliphatic carbocycles. The van der Waals surface area contributed by atoms with Gasteiger partial charge in [0.1, 0.15) is 21.7 Å². The van der Waals surface area contributed by atoms with E-state index in [9.17, 15) is 0 Å². The van der Waals surface area contributed by atoms with Gasteiger partial charge in [-0.15, -0.1) is 0 Å². The minimum Gasteiger partial charge on any atom is -0.308 e. The van der Waals surface area contributed by atoms with Crippen molar-refractivity contribution in [3.05, 3.63) is 36.3 Å². The highest BCUT2D eigenvalue weighted by Gasteiger charge is 2.19. The Hall–Kier alpha value is -1.66. The lowest BCUT2D eigenvalue weighted by Gasteiger charge is -2.18. The Balaban J connectivity index is 2.35. The largest absolute Gasteiger partial charge is 0.308 e. The number of hydrazine groups is 1. The van der Waals surface area contributed by atoms with Gasteiger partial charge in [-0.05, 0) is 23.9 Å². The van der Waals surface area contributed by atoms with E-state index in [4.69, 9.17) is 5.84 Å². The van der Waals surface area contributed by atoms with E-state index in [1.54, 1.807) is 6.20 Å². The van der Waals surface area contributed by atoms with Crippen molar-refractivity contribution in [2.24, 2.45) is 5.84 Å². The van der Waals surface area contributed by atoms with Gasteiger partial charge in [0, 0.05) is 17.7 Å². The molecule has 0 atom stereocenters. The van der Waals surface area contributed by atoms with E-state index in [-0.39, 0.29) is 5.41 Å². The smallest absolute Gasteiger partial charge is 0.144 e. The second-order valence-electron chi connectivity index (χ2n) is 5.08. The van der Waals surface area contributed by atoms with E-state index in [1.165, 1.54) is 11.8 Å². The minimum absolute atomic E-state index is 0.133. The molecule has 100 valence electrons. The zero-order valence-electron chi connectivity index (χ0n) is 11.2. The van der Waals surface area contributed by atoms with Crippen LogP contribution in [-0.2, 0) is 5.41 Å². The van der Waals surface area contributed by atoms with Crippen LogP contribution >= 0.6 is 11.8 Å². The molecule has 2 aromatic rings. The summed E-state index contributed by atoms with van der Waals surface area (Å²) >= 11 is 1.49. The number of hydrogen-bond acceptors (Lipinski definition) is 6. The molecule has 0 amide bonds. The maximum atomic E-state index is 5.46. The van der Waals surface area contributed by atoms with Crippen LogP contribution in [0.5, 0.6) is 0 Å². The van der Waals surface area contributed by atoms with Crippen molar-refractivity contribution in [2.45, 2.75) is 36.2 Å². The van der Waals surface area contributed by atoms with Crippen molar-refractivity contribution >= 4 is 17.6 Å². The van der Waals surface area contributed by atoms with Gasteiger partial charge in [0.25, 0.3) is 0 Å². The first kappa shape index (κ1) is 13.8. The Morgan fingerprint density at radius 3 is 2.53 bits per heavy atom. The van der Waals surface area contributed by atoms with E-state index in [1.807, 2.05) is 24.3 Å². The molecule has 0 fully saturated rings. The van der Waals surface area contributed by atoms with Crippen LogP contribution < -0.4 is 11.3 Å². The number of hydrogen-bond donors (Lipinski definition) is 2. The molecule has 0 unspecified atom stereocenters. The van der Waals surface area contributed by atoms with Gasteiger partial charge in [0.2, 0.25) is 0 Å². The molecule has 2 aromatic heterocycles. The lowest BCUT2D eigenvalue weighted by atomic mass is 9.96. The zero-order chi connectivity index (χ0) is 13.9. The molecular weight excluding hydrogens is 258 g/mol. The molecule has 19 heavy (non-hydrogen) atoms. The number of aromatic nitrogens is 3. The first-order valence-corrected chi connectivity index (χ1v) is 6.76. The number of pyridine rings is 1. The van der Waals surface area contributed by atoms with E-state index >= 15 is 0 Å². The van der Waals surface area contributed by atoms with Gasteiger partial charge >= 0.3 is 0 Å². The lowest BCUT2D eigenvalue weighted by molar-refractivity contribution is 0.539. The molecule has 0 spiro atoms. The standard InChI is InChI=1S/C13H17N5S/c1-13(2,3)12-16-9(18-14)8-11(17-12)19-10-6-4-5-7-15-10/h4-8H,14H2,1-3H3,(H,16,17,18). The number of rotatable bonds is 3. The van der Waals surface area contributed by atoms with Crippen molar-refractivity contribution in [1.29, 1.82) is 0 Å². The van der Waals surface area contributed by atoms with Crippen LogP contribution in [0.4, 0.5) is 5.82 Å². The highest BCUT2D eigenvalue weighted by atomic mass is 32.2. The van der Waals surface area contributed by atoms with Crippen LogP contribution in [0.25, 0.3) is 0 Å². The van der Waals surface area contributed by atoms with Crippen LogP contribution in [0, 0.1) is 0 Å². The second-order valence-corrected chi connectivity index (χ2v) is 6.12. The predicted molar refractivity (Wildman–Crippen MR) is 76.9 cm³/mol. The van der Waals surface area contributed by atoms with Gasteiger partial charge in [-0.25, -0.2) is 20.8 Å². The molecule has 0 radical (unpaired) electrons. The van der Waals surface area contributed by atoms with Crippen LogP contribution in [0.3, 0.4) is 0 Å². The Morgan fingerprint density at radius 1 is 1.16 bits per heavy atom. The van der Waals surface area contributed by atoms with Crippen LogP contribution in [0.15, 0.2) is 40.5 Å². The molecule has 0 bridgehead atoms. The SMILES string of the molecule is CC(C)(C)c1nc(NN)cc(Sc2ccccn2)n1. The summed E-state index contributed by atoms with van der Waals surface area (Å²) in [5, 5.41) is 1.72. The molecule has 2 rings (SSSR count). The number of nitrogens with two attached hydrogens (primary N) is 1. The first-order chi connectivity index (χ1) is 8.99. The van der Waals surface area contributed by atoms with E-state index in [2.05, 4.69) is 41.1 Å². The lowest BCUT2D eigenvalue weighted by Crippen LogP contribution is -2.19. The summed E-state index contributed by atoms with van der Waals surface area (Å²) in [6.07, 6.45) is 1.76. The summed E-state index contributed by atoms with van der Waals surface area (Å²) in [6, 6.07) is 7.59.